The molecule has 0 bridgehead atoms. The summed E-state index contributed by atoms with van der Waals surface area (Å²) in [5, 5.41) is 7.87. The van der Waals surface area contributed by atoms with Crippen molar-refractivity contribution in [2.45, 2.75) is 12.7 Å². The van der Waals surface area contributed by atoms with Gasteiger partial charge in [-0.15, -0.1) is 10.2 Å². The van der Waals surface area contributed by atoms with Gasteiger partial charge >= 0.3 is 6.18 Å². The number of rotatable bonds is 3. The van der Waals surface area contributed by atoms with Crippen molar-refractivity contribution in [3.63, 3.8) is 0 Å². The molecule has 1 saturated heterocycles. The summed E-state index contributed by atoms with van der Waals surface area (Å²) in [6, 6.07) is 0.998. The molecule has 3 heterocycles. The van der Waals surface area contributed by atoms with E-state index in [9.17, 15) is 13.2 Å². The molecule has 23 heavy (non-hydrogen) atoms. The van der Waals surface area contributed by atoms with Crippen molar-refractivity contribution in [1.29, 1.82) is 0 Å². The molecule has 1 aliphatic rings. The van der Waals surface area contributed by atoms with Crippen LogP contribution in [0, 0.1) is 0 Å². The Labute approximate surface area is 130 Å². The summed E-state index contributed by atoms with van der Waals surface area (Å²) in [4.78, 5) is 11.3. The average Bonchev–Trinajstić information content (AvgIpc) is 2.92. The van der Waals surface area contributed by atoms with Gasteiger partial charge < -0.3 is 9.47 Å². The second-order valence-electron chi connectivity index (χ2n) is 5.38. The Balaban J connectivity index is 1.62. The largest absolute Gasteiger partial charge is 0.433 e. The number of piperazine rings is 1. The van der Waals surface area contributed by atoms with Crippen LogP contribution in [-0.2, 0) is 19.8 Å². The van der Waals surface area contributed by atoms with Crippen LogP contribution in [0.3, 0.4) is 0 Å². The van der Waals surface area contributed by atoms with Gasteiger partial charge in [0.15, 0.2) is 0 Å². The first-order valence-electron chi connectivity index (χ1n) is 7.13. The molecule has 0 amide bonds. The van der Waals surface area contributed by atoms with Crippen LogP contribution in [-0.4, -0.2) is 55.8 Å². The Kier molecular flexibility index (Phi) is 4.16. The molecule has 0 N–H and O–H groups in total. The number of aromatic nitrogens is 5. The van der Waals surface area contributed by atoms with Gasteiger partial charge in [-0.2, -0.15) is 13.2 Å². The summed E-state index contributed by atoms with van der Waals surface area (Å²) in [6.45, 7) is 3.32. The molecule has 0 spiro atoms. The topological polar surface area (TPSA) is 63.0 Å². The van der Waals surface area contributed by atoms with Crippen LogP contribution in [0.5, 0.6) is 0 Å². The number of anilines is 1. The van der Waals surface area contributed by atoms with Crippen LogP contribution in [0.4, 0.5) is 19.0 Å². The number of nitrogens with zero attached hydrogens (tertiary/aromatic N) is 7. The van der Waals surface area contributed by atoms with Gasteiger partial charge in [0.05, 0.1) is 6.54 Å². The van der Waals surface area contributed by atoms with Gasteiger partial charge in [0, 0.05) is 39.3 Å². The summed E-state index contributed by atoms with van der Waals surface area (Å²) in [5.74, 6) is 1.17. The second kappa shape index (κ2) is 6.11. The van der Waals surface area contributed by atoms with E-state index in [1.165, 1.54) is 0 Å². The van der Waals surface area contributed by atoms with E-state index in [2.05, 4.69) is 25.1 Å². The fourth-order valence-electron chi connectivity index (χ4n) is 2.46. The van der Waals surface area contributed by atoms with Crippen molar-refractivity contribution in [1.82, 2.24) is 29.6 Å². The molecule has 2 aromatic heterocycles. The van der Waals surface area contributed by atoms with Crippen molar-refractivity contribution >= 4 is 5.82 Å². The lowest BCUT2D eigenvalue weighted by atomic mass is 10.3. The van der Waals surface area contributed by atoms with E-state index in [4.69, 9.17) is 0 Å². The summed E-state index contributed by atoms with van der Waals surface area (Å²) in [7, 11) is 1.88. The summed E-state index contributed by atoms with van der Waals surface area (Å²) in [5.41, 5.74) is -0.913. The lowest BCUT2D eigenvalue weighted by Gasteiger charge is -2.35. The third-order valence-electron chi connectivity index (χ3n) is 3.81. The first kappa shape index (κ1) is 15.7. The SMILES string of the molecule is Cn1cnnc1CN1CCN(c2cc(C(F)(F)F)ncn2)CC1. The molecule has 124 valence electrons. The lowest BCUT2D eigenvalue weighted by Crippen LogP contribution is -2.46. The Morgan fingerprint density at radius 1 is 1.13 bits per heavy atom. The molecular formula is C13H16F3N7. The zero-order valence-electron chi connectivity index (χ0n) is 12.5. The highest BCUT2D eigenvalue weighted by Gasteiger charge is 2.33. The molecule has 2 aromatic rings. The zero-order chi connectivity index (χ0) is 16.4. The second-order valence-corrected chi connectivity index (χ2v) is 5.38. The van der Waals surface area contributed by atoms with Gasteiger partial charge in [-0.05, 0) is 0 Å². The summed E-state index contributed by atoms with van der Waals surface area (Å²) < 4.78 is 40.0. The fourth-order valence-corrected chi connectivity index (χ4v) is 2.46. The van der Waals surface area contributed by atoms with E-state index in [-0.39, 0.29) is 0 Å². The fraction of sp³-hybridized carbons (Fsp3) is 0.538. The minimum absolute atomic E-state index is 0.311. The first-order valence-corrected chi connectivity index (χ1v) is 7.13. The van der Waals surface area contributed by atoms with Crippen molar-refractivity contribution in [3.05, 3.63) is 30.2 Å². The summed E-state index contributed by atoms with van der Waals surface area (Å²) in [6.07, 6.45) is -1.85. The standard InChI is InChI=1S/C13H16F3N7/c1-21-9-19-20-12(21)7-22-2-4-23(5-3-22)11-6-10(13(14,15)16)17-8-18-11/h6,8-9H,2-5,7H2,1H3. The Bertz CT molecular complexity index is 662. The molecule has 0 unspecified atom stereocenters. The highest BCUT2D eigenvalue weighted by atomic mass is 19.4. The third kappa shape index (κ3) is 3.58. The Morgan fingerprint density at radius 3 is 2.48 bits per heavy atom. The average molecular weight is 327 g/mol. The predicted octanol–water partition coefficient (Wildman–Crippen LogP) is 0.946. The zero-order valence-corrected chi connectivity index (χ0v) is 12.5. The molecule has 0 aromatic carbocycles. The van der Waals surface area contributed by atoms with Crippen LogP contribution in [0.25, 0.3) is 0 Å². The van der Waals surface area contributed by atoms with Gasteiger partial charge in [-0.3, -0.25) is 4.90 Å². The Hall–Kier alpha value is -2.23. The monoisotopic (exact) mass is 327 g/mol. The number of aryl methyl sites for hydroxylation is 1. The van der Waals surface area contributed by atoms with Crippen LogP contribution in [0.1, 0.15) is 11.5 Å². The van der Waals surface area contributed by atoms with Crippen molar-refractivity contribution < 1.29 is 13.2 Å². The highest BCUT2D eigenvalue weighted by Crippen LogP contribution is 2.29. The van der Waals surface area contributed by atoms with E-state index in [0.717, 1.165) is 31.3 Å². The molecule has 0 atom stereocenters. The predicted molar refractivity (Wildman–Crippen MR) is 75.5 cm³/mol. The van der Waals surface area contributed by atoms with Crippen LogP contribution >= 0.6 is 0 Å². The molecule has 1 aliphatic heterocycles. The normalized spacial score (nSPS) is 16.8. The first-order chi connectivity index (χ1) is 10.9. The minimum atomic E-state index is -4.45. The molecule has 0 aliphatic carbocycles. The highest BCUT2D eigenvalue weighted by molar-refractivity contribution is 5.40. The van der Waals surface area contributed by atoms with E-state index < -0.39 is 11.9 Å². The number of hydrogen-bond donors (Lipinski definition) is 0. The van der Waals surface area contributed by atoms with Crippen molar-refractivity contribution in [2.24, 2.45) is 7.05 Å². The van der Waals surface area contributed by atoms with Gasteiger partial charge in [-0.25, -0.2) is 9.97 Å². The molecule has 7 nitrogen and oxygen atoms in total. The minimum Gasteiger partial charge on any atom is -0.354 e. The maximum absolute atomic E-state index is 12.7. The van der Waals surface area contributed by atoms with E-state index in [1.807, 2.05) is 16.5 Å². The van der Waals surface area contributed by atoms with Gasteiger partial charge in [-0.1, -0.05) is 0 Å². The van der Waals surface area contributed by atoms with Crippen LogP contribution in [0.2, 0.25) is 0 Å². The number of hydrogen-bond acceptors (Lipinski definition) is 6. The molecule has 10 heteroatoms. The maximum Gasteiger partial charge on any atom is 0.433 e. The van der Waals surface area contributed by atoms with Crippen LogP contribution < -0.4 is 4.90 Å². The molecule has 0 saturated carbocycles. The van der Waals surface area contributed by atoms with E-state index in [1.54, 1.807) is 6.33 Å². The smallest absolute Gasteiger partial charge is 0.354 e. The van der Waals surface area contributed by atoms with E-state index in [0.29, 0.717) is 25.5 Å². The van der Waals surface area contributed by atoms with Crippen molar-refractivity contribution in [2.75, 3.05) is 31.1 Å². The molecule has 0 radical (unpaired) electrons. The van der Waals surface area contributed by atoms with Gasteiger partial charge in [0.1, 0.15) is 30.0 Å². The van der Waals surface area contributed by atoms with Gasteiger partial charge in [0.25, 0.3) is 0 Å². The number of alkyl halides is 3. The quantitative estimate of drug-likeness (QED) is 0.836. The third-order valence-corrected chi connectivity index (χ3v) is 3.81. The molecule has 1 fully saturated rings. The van der Waals surface area contributed by atoms with Crippen molar-refractivity contribution in [3.8, 4) is 0 Å². The maximum atomic E-state index is 12.7. The lowest BCUT2D eigenvalue weighted by molar-refractivity contribution is -0.141. The number of halogens is 3. The molecular weight excluding hydrogens is 311 g/mol. The summed E-state index contributed by atoms with van der Waals surface area (Å²) >= 11 is 0. The Morgan fingerprint density at radius 2 is 1.87 bits per heavy atom. The molecule has 3 rings (SSSR count). The van der Waals surface area contributed by atoms with Crippen LogP contribution in [0.15, 0.2) is 18.7 Å². The van der Waals surface area contributed by atoms with Gasteiger partial charge in [0.2, 0.25) is 0 Å². The van der Waals surface area contributed by atoms with E-state index >= 15 is 0 Å².